The summed E-state index contributed by atoms with van der Waals surface area (Å²) in [6, 6.07) is 4.14. The van der Waals surface area contributed by atoms with Crippen LogP contribution in [0.4, 0.5) is 4.79 Å². The molecule has 1 aromatic carbocycles. The van der Waals surface area contributed by atoms with E-state index in [0.29, 0.717) is 12.5 Å². The molecule has 1 unspecified atom stereocenters. The first-order valence-electron chi connectivity index (χ1n) is 10.0. The van der Waals surface area contributed by atoms with E-state index in [-0.39, 0.29) is 6.09 Å². The summed E-state index contributed by atoms with van der Waals surface area (Å²) < 4.78 is 16.3. The van der Waals surface area contributed by atoms with Gasteiger partial charge in [0.1, 0.15) is 5.60 Å². The molecule has 0 radical (unpaired) electrons. The zero-order chi connectivity index (χ0) is 20.4. The van der Waals surface area contributed by atoms with Crippen molar-refractivity contribution in [3.8, 4) is 11.5 Å². The Morgan fingerprint density at radius 3 is 2.48 bits per heavy atom. The molecule has 154 valence electrons. The molecule has 0 saturated heterocycles. The first-order chi connectivity index (χ1) is 12.8. The molecule has 5 nitrogen and oxygen atoms in total. The maximum atomic E-state index is 11.7. The number of hydrogen-bond acceptors (Lipinski definition) is 4. The third kappa shape index (κ3) is 7.31. The Morgan fingerprint density at radius 1 is 1.19 bits per heavy atom. The van der Waals surface area contributed by atoms with E-state index in [4.69, 9.17) is 14.2 Å². The van der Waals surface area contributed by atoms with Crippen molar-refractivity contribution in [3.63, 3.8) is 0 Å². The lowest BCUT2D eigenvalue weighted by atomic mass is 9.81. The Bertz CT molecular complexity index is 593. The van der Waals surface area contributed by atoms with Crippen LogP contribution in [-0.2, 0) is 17.6 Å². The smallest absolute Gasteiger partial charge is 0.407 e. The second-order valence-corrected chi connectivity index (χ2v) is 7.62. The number of nitrogens with one attached hydrogen (secondary N) is 1. The van der Waals surface area contributed by atoms with E-state index in [1.54, 1.807) is 14.2 Å². The van der Waals surface area contributed by atoms with Crippen molar-refractivity contribution in [2.75, 3.05) is 20.8 Å². The Hall–Kier alpha value is -1.91. The van der Waals surface area contributed by atoms with E-state index >= 15 is 0 Å². The molecule has 1 amide bonds. The van der Waals surface area contributed by atoms with E-state index in [9.17, 15) is 4.79 Å². The molecule has 0 bridgehead atoms. The van der Waals surface area contributed by atoms with Crippen LogP contribution in [-0.4, -0.2) is 32.5 Å². The number of fused-ring (bicyclic) bond motifs is 1. The number of amides is 1. The summed E-state index contributed by atoms with van der Waals surface area (Å²) in [5.74, 6) is 2.28. The molecule has 0 aromatic heterocycles. The lowest BCUT2D eigenvalue weighted by molar-refractivity contribution is 0.0526. The van der Waals surface area contributed by atoms with Crippen LogP contribution >= 0.6 is 0 Å². The second-order valence-electron chi connectivity index (χ2n) is 7.62. The van der Waals surface area contributed by atoms with Gasteiger partial charge in [0, 0.05) is 12.1 Å². The minimum Gasteiger partial charge on any atom is -0.493 e. The number of carbonyl (C=O) groups excluding carboxylic acids is 1. The van der Waals surface area contributed by atoms with E-state index in [2.05, 4.69) is 11.4 Å². The van der Waals surface area contributed by atoms with Crippen molar-refractivity contribution in [3.05, 3.63) is 23.3 Å². The SMILES string of the molecule is CC.COc1ccc2c(c1OC)CC(CCCNC(=O)OC(C)(C)C)CC2. The highest BCUT2D eigenvalue weighted by molar-refractivity contribution is 5.67. The zero-order valence-corrected chi connectivity index (χ0v) is 18.1. The van der Waals surface area contributed by atoms with Gasteiger partial charge in [-0.05, 0) is 70.4 Å². The molecule has 0 saturated carbocycles. The summed E-state index contributed by atoms with van der Waals surface area (Å²) in [5, 5.41) is 2.83. The van der Waals surface area contributed by atoms with Crippen molar-refractivity contribution < 1.29 is 19.0 Å². The Balaban J connectivity index is 0.00000176. The number of methoxy groups -OCH3 is 2. The number of aryl methyl sites for hydroxylation is 1. The lowest BCUT2D eigenvalue weighted by Gasteiger charge is -2.27. The van der Waals surface area contributed by atoms with Crippen LogP contribution in [0.1, 0.15) is 65.0 Å². The van der Waals surface area contributed by atoms with Crippen LogP contribution in [0.2, 0.25) is 0 Å². The molecule has 0 spiro atoms. The number of rotatable bonds is 6. The maximum absolute atomic E-state index is 11.7. The maximum Gasteiger partial charge on any atom is 0.407 e. The summed E-state index contributed by atoms with van der Waals surface area (Å²) in [6.07, 6.45) is 4.94. The van der Waals surface area contributed by atoms with Crippen molar-refractivity contribution in [2.24, 2.45) is 5.92 Å². The average Bonchev–Trinajstić information content (AvgIpc) is 2.64. The molecular weight excluding hydrogens is 342 g/mol. The minimum atomic E-state index is -0.452. The van der Waals surface area contributed by atoms with Crippen LogP contribution in [0.5, 0.6) is 11.5 Å². The van der Waals surface area contributed by atoms with Crippen molar-refractivity contribution in [2.45, 2.75) is 72.3 Å². The van der Waals surface area contributed by atoms with Gasteiger partial charge in [0.05, 0.1) is 14.2 Å². The molecule has 1 aliphatic carbocycles. The highest BCUT2D eigenvalue weighted by atomic mass is 16.6. The van der Waals surface area contributed by atoms with E-state index in [1.165, 1.54) is 17.5 Å². The molecule has 1 aliphatic rings. The van der Waals surface area contributed by atoms with Crippen molar-refractivity contribution in [1.82, 2.24) is 5.32 Å². The number of benzene rings is 1. The Morgan fingerprint density at radius 2 is 1.89 bits per heavy atom. The molecule has 1 atom stereocenters. The number of ether oxygens (including phenoxy) is 3. The van der Waals surface area contributed by atoms with Gasteiger partial charge < -0.3 is 19.5 Å². The quantitative estimate of drug-likeness (QED) is 0.695. The van der Waals surface area contributed by atoms with Gasteiger partial charge in [-0.15, -0.1) is 0 Å². The topological polar surface area (TPSA) is 56.8 Å². The molecule has 1 aromatic rings. The molecule has 0 heterocycles. The largest absolute Gasteiger partial charge is 0.493 e. The van der Waals surface area contributed by atoms with Gasteiger partial charge in [-0.2, -0.15) is 0 Å². The Kier molecular flexibility index (Phi) is 9.47. The summed E-state index contributed by atoms with van der Waals surface area (Å²) in [5.41, 5.74) is 2.19. The Labute approximate surface area is 164 Å². The predicted octanol–water partition coefficient (Wildman–Crippen LogP) is 5.14. The van der Waals surface area contributed by atoms with Gasteiger partial charge in [0.15, 0.2) is 11.5 Å². The molecular formula is C22H37NO4. The van der Waals surface area contributed by atoms with Crippen LogP contribution in [0, 0.1) is 5.92 Å². The molecule has 2 rings (SSSR count). The highest BCUT2D eigenvalue weighted by Crippen LogP contribution is 2.39. The van der Waals surface area contributed by atoms with Crippen LogP contribution < -0.4 is 14.8 Å². The summed E-state index contributed by atoms with van der Waals surface area (Å²) in [6.45, 7) is 10.3. The standard InChI is InChI=1S/C20H31NO4.C2H6/c1-20(2,3)25-19(22)21-12-6-7-14-8-9-15-10-11-17(23-4)18(24-5)16(15)13-14;1-2/h10-11,14H,6-9,12-13H2,1-5H3,(H,21,22);1-2H3. The van der Waals surface area contributed by atoms with Crippen molar-refractivity contribution in [1.29, 1.82) is 0 Å². The summed E-state index contributed by atoms with van der Waals surface area (Å²) in [4.78, 5) is 11.7. The van der Waals surface area contributed by atoms with E-state index < -0.39 is 5.60 Å². The monoisotopic (exact) mass is 379 g/mol. The fraction of sp³-hybridized carbons (Fsp3) is 0.682. The van der Waals surface area contributed by atoms with Gasteiger partial charge in [-0.3, -0.25) is 0 Å². The third-order valence-electron chi connectivity index (χ3n) is 4.52. The third-order valence-corrected chi connectivity index (χ3v) is 4.52. The predicted molar refractivity (Wildman–Crippen MR) is 110 cm³/mol. The van der Waals surface area contributed by atoms with Crippen molar-refractivity contribution >= 4 is 6.09 Å². The van der Waals surface area contributed by atoms with Crippen LogP contribution in [0.15, 0.2) is 12.1 Å². The van der Waals surface area contributed by atoms with Gasteiger partial charge in [-0.1, -0.05) is 19.9 Å². The highest BCUT2D eigenvalue weighted by Gasteiger charge is 2.24. The second kappa shape index (κ2) is 11.1. The number of hydrogen-bond donors (Lipinski definition) is 1. The fourth-order valence-corrected chi connectivity index (χ4v) is 3.38. The molecule has 5 heteroatoms. The van der Waals surface area contributed by atoms with Gasteiger partial charge in [-0.25, -0.2) is 4.79 Å². The van der Waals surface area contributed by atoms with Crippen LogP contribution in [0.3, 0.4) is 0 Å². The molecule has 27 heavy (non-hydrogen) atoms. The number of alkyl carbamates (subject to hydrolysis) is 1. The average molecular weight is 380 g/mol. The first-order valence-corrected chi connectivity index (χ1v) is 10.0. The first kappa shape index (κ1) is 23.1. The summed E-state index contributed by atoms with van der Waals surface area (Å²) >= 11 is 0. The number of carbonyl (C=O) groups is 1. The zero-order valence-electron chi connectivity index (χ0n) is 18.1. The van der Waals surface area contributed by atoms with Crippen LogP contribution in [0.25, 0.3) is 0 Å². The van der Waals surface area contributed by atoms with Gasteiger partial charge >= 0.3 is 6.09 Å². The summed E-state index contributed by atoms with van der Waals surface area (Å²) in [7, 11) is 3.37. The minimum absolute atomic E-state index is 0.340. The van der Waals surface area contributed by atoms with Gasteiger partial charge in [0.2, 0.25) is 0 Å². The normalized spacial score (nSPS) is 15.7. The van der Waals surface area contributed by atoms with E-state index in [1.807, 2.05) is 40.7 Å². The lowest BCUT2D eigenvalue weighted by Crippen LogP contribution is -2.33. The molecule has 1 N–H and O–H groups in total. The van der Waals surface area contributed by atoms with E-state index in [0.717, 1.165) is 37.2 Å². The molecule has 0 aliphatic heterocycles. The molecule has 0 fully saturated rings. The van der Waals surface area contributed by atoms with Gasteiger partial charge in [0.25, 0.3) is 0 Å². The fourth-order valence-electron chi connectivity index (χ4n) is 3.38.